The molecule has 0 bridgehead atoms. The molecule has 0 fully saturated rings. The van der Waals surface area contributed by atoms with Crippen LogP contribution in [0.2, 0.25) is 0 Å². The van der Waals surface area contributed by atoms with Crippen molar-refractivity contribution in [2.45, 2.75) is 19.1 Å². The molecule has 29 heavy (non-hydrogen) atoms. The second kappa shape index (κ2) is 8.72. The van der Waals surface area contributed by atoms with Gasteiger partial charge in [0.25, 0.3) is 0 Å². The molecule has 5 nitrogen and oxygen atoms in total. The normalized spacial score (nSPS) is 15.0. The van der Waals surface area contributed by atoms with Crippen molar-refractivity contribution in [3.63, 3.8) is 0 Å². The zero-order valence-corrected chi connectivity index (χ0v) is 16.9. The van der Waals surface area contributed by atoms with Crippen LogP contribution in [0.3, 0.4) is 0 Å². The summed E-state index contributed by atoms with van der Waals surface area (Å²) in [4.78, 5) is 2.26. The lowest BCUT2D eigenvalue weighted by atomic mass is 9.98. The third kappa shape index (κ3) is 4.31. The van der Waals surface area contributed by atoms with Crippen LogP contribution in [0, 0.1) is 0 Å². The zero-order chi connectivity index (χ0) is 20.2. The summed E-state index contributed by atoms with van der Waals surface area (Å²) in [5.74, 6) is 2.32. The van der Waals surface area contributed by atoms with Crippen molar-refractivity contribution in [2.75, 3.05) is 33.9 Å². The molecule has 1 aliphatic rings. The van der Waals surface area contributed by atoms with Gasteiger partial charge in [0, 0.05) is 25.0 Å². The number of rotatable bonds is 7. The van der Waals surface area contributed by atoms with Crippen molar-refractivity contribution in [1.82, 2.24) is 4.90 Å². The van der Waals surface area contributed by atoms with Gasteiger partial charge in [0.05, 0.1) is 14.2 Å². The number of benzene rings is 3. The monoisotopic (exact) mass is 393 g/mol. The Morgan fingerprint density at radius 2 is 1.66 bits per heavy atom. The number of fused-ring (bicyclic) bond motifs is 2. The first kappa shape index (κ1) is 19.6. The van der Waals surface area contributed by atoms with Gasteiger partial charge in [-0.2, -0.15) is 0 Å². The summed E-state index contributed by atoms with van der Waals surface area (Å²) >= 11 is 0. The molecule has 152 valence electrons. The van der Waals surface area contributed by atoms with Gasteiger partial charge in [-0.15, -0.1) is 0 Å². The van der Waals surface area contributed by atoms with E-state index in [0.717, 1.165) is 47.5 Å². The fourth-order valence-corrected chi connectivity index (χ4v) is 3.96. The van der Waals surface area contributed by atoms with Crippen molar-refractivity contribution in [1.29, 1.82) is 0 Å². The van der Waals surface area contributed by atoms with E-state index in [2.05, 4.69) is 23.1 Å². The minimum absolute atomic E-state index is 0.267. The Morgan fingerprint density at radius 3 is 2.45 bits per heavy atom. The molecule has 0 unspecified atom stereocenters. The Balaban J connectivity index is 1.37. The van der Waals surface area contributed by atoms with Gasteiger partial charge in [-0.1, -0.05) is 36.4 Å². The van der Waals surface area contributed by atoms with E-state index in [9.17, 15) is 5.11 Å². The van der Waals surface area contributed by atoms with Crippen molar-refractivity contribution in [3.8, 4) is 17.2 Å². The average Bonchev–Trinajstić information content (AvgIpc) is 2.76. The van der Waals surface area contributed by atoms with E-state index in [1.807, 2.05) is 36.4 Å². The van der Waals surface area contributed by atoms with Gasteiger partial charge in [0.1, 0.15) is 18.5 Å². The maximum absolute atomic E-state index is 10.6. The molecule has 1 aliphatic heterocycles. The van der Waals surface area contributed by atoms with Crippen LogP contribution in [0.15, 0.2) is 54.6 Å². The summed E-state index contributed by atoms with van der Waals surface area (Å²) in [6, 6.07) is 18.2. The highest BCUT2D eigenvalue weighted by molar-refractivity contribution is 5.88. The average molecular weight is 393 g/mol. The summed E-state index contributed by atoms with van der Waals surface area (Å²) in [6.45, 7) is 2.51. The number of aliphatic hydroxyl groups is 1. The van der Waals surface area contributed by atoms with Crippen LogP contribution in [0.4, 0.5) is 0 Å². The first-order valence-electron chi connectivity index (χ1n) is 9.92. The number of β-amino-alcohol motifs (C(OH)–C–C–N with tert-alkyl or cyclic N) is 1. The van der Waals surface area contributed by atoms with Crippen LogP contribution in [0.25, 0.3) is 10.8 Å². The van der Waals surface area contributed by atoms with Crippen molar-refractivity contribution in [2.24, 2.45) is 0 Å². The summed E-state index contributed by atoms with van der Waals surface area (Å²) in [5.41, 5.74) is 2.50. The minimum atomic E-state index is -0.560. The van der Waals surface area contributed by atoms with Crippen LogP contribution in [-0.2, 0) is 13.0 Å². The van der Waals surface area contributed by atoms with E-state index in [-0.39, 0.29) is 6.61 Å². The maximum atomic E-state index is 10.6. The number of aliphatic hydroxyl groups excluding tert-OH is 1. The molecule has 1 heterocycles. The lowest BCUT2D eigenvalue weighted by Gasteiger charge is -2.31. The van der Waals surface area contributed by atoms with Crippen LogP contribution in [0.5, 0.6) is 17.2 Å². The zero-order valence-electron chi connectivity index (χ0n) is 16.9. The van der Waals surface area contributed by atoms with Gasteiger partial charge in [-0.3, -0.25) is 4.90 Å². The molecule has 3 aromatic rings. The number of hydrogen-bond acceptors (Lipinski definition) is 5. The van der Waals surface area contributed by atoms with Crippen LogP contribution >= 0.6 is 0 Å². The van der Waals surface area contributed by atoms with Gasteiger partial charge in [0.2, 0.25) is 0 Å². The lowest BCUT2D eigenvalue weighted by Crippen LogP contribution is -2.38. The number of ether oxygens (including phenoxy) is 3. The molecular weight excluding hydrogens is 366 g/mol. The highest BCUT2D eigenvalue weighted by Gasteiger charge is 2.21. The van der Waals surface area contributed by atoms with Crippen molar-refractivity contribution in [3.05, 3.63) is 65.7 Å². The Bertz CT molecular complexity index is 983. The van der Waals surface area contributed by atoms with Gasteiger partial charge in [-0.05, 0) is 41.1 Å². The summed E-state index contributed by atoms with van der Waals surface area (Å²) in [6.07, 6.45) is 0.364. The quantitative estimate of drug-likeness (QED) is 0.664. The van der Waals surface area contributed by atoms with Crippen LogP contribution in [-0.4, -0.2) is 50.0 Å². The Morgan fingerprint density at radius 1 is 0.931 bits per heavy atom. The largest absolute Gasteiger partial charge is 0.493 e. The smallest absolute Gasteiger partial charge is 0.161 e. The standard InChI is InChI=1S/C24H27NO4/c1-27-23-12-18-10-11-25(14-19(18)13-24(23)28-2)15-20(26)16-29-22-9-5-7-17-6-3-4-8-21(17)22/h3-9,12-13,20,26H,10-11,14-16H2,1-2H3/t20-/m1/s1. The molecule has 0 saturated carbocycles. The van der Waals surface area contributed by atoms with E-state index in [1.165, 1.54) is 11.1 Å². The summed E-state index contributed by atoms with van der Waals surface area (Å²) in [7, 11) is 3.31. The second-order valence-corrected chi connectivity index (χ2v) is 7.40. The summed E-state index contributed by atoms with van der Waals surface area (Å²) in [5, 5.41) is 12.8. The van der Waals surface area contributed by atoms with Crippen LogP contribution in [0.1, 0.15) is 11.1 Å². The molecule has 0 saturated heterocycles. The highest BCUT2D eigenvalue weighted by atomic mass is 16.5. The van der Waals surface area contributed by atoms with Crippen molar-refractivity contribution >= 4 is 10.8 Å². The van der Waals surface area contributed by atoms with Crippen molar-refractivity contribution < 1.29 is 19.3 Å². The molecular formula is C24H27NO4. The third-order valence-electron chi connectivity index (χ3n) is 5.45. The minimum Gasteiger partial charge on any atom is -0.493 e. The molecule has 0 aliphatic carbocycles. The predicted molar refractivity (Wildman–Crippen MR) is 114 cm³/mol. The third-order valence-corrected chi connectivity index (χ3v) is 5.45. The van der Waals surface area contributed by atoms with E-state index in [0.29, 0.717) is 6.54 Å². The molecule has 5 heteroatoms. The molecule has 1 atom stereocenters. The van der Waals surface area contributed by atoms with E-state index < -0.39 is 6.10 Å². The first-order chi connectivity index (χ1) is 14.2. The Labute approximate surface area is 171 Å². The van der Waals surface area contributed by atoms with Gasteiger partial charge in [0.15, 0.2) is 11.5 Å². The number of methoxy groups -OCH3 is 2. The molecule has 0 spiro atoms. The second-order valence-electron chi connectivity index (χ2n) is 7.40. The van der Waals surface area contributed by atoms with Gasteiger partial charge >= 0.3 is 0 Å². The topological polar surface area (TPSA) is 51.2 Å². The first-order valence-corrected chi connectivity index (χ1v) is 9.92. The molecule has 3 aromatic carbocycles. The molecule has 0 radical (unpaired) electrons. The molecule has 0 aromatic heterocycles. The predicted octanol–water partition coefficient (Wildman–Crippen LogP) is 3.66. The Kier molecular flexibility index (Phi) is 5.88. The fraction of sp³-hybridized carbons (Fsp3) is 0.333. The highest BCUT2D eigenvalue weighted by Crippen LogP contribution is 2.33. The maximum Gasteiger partial charge on any atom is 0.161 e. The SMILES string of the molecule is COc1cc2c(cc1OC)CN(C[C@@H](O)COc1cccc3ccccc13)CC2. The number of hydrogen-bond donors (Lipinski definition) is 1. The van der Waals surface area contributed by atoms with Gasteiger partial charge < -0.3 is 19.3 Å². The number of nitrogens with zero attached hydrogens (tertiary/aromatic N) is 1. The van der Waals surface area contributed by atoms with E-state index >= 15 is 0 Å². The molecule has 1 N–H and O–H groups in total. The van der Waals surface area contributed by atoms with Gasteiger partial charge in [-0.25, -0.2) is 0 Å². The molecule has 0 amide bonds. The summed E-state index contributed by atoms with van der Waals surface area (Å²) < 4.78 is 16.8. The van der Waals surface area contributed by atoms with E-state index in [1.54, 1.807) is 14.2 Å². The Hall–Kier alpha value is -2.76. The fourth-order valence-electron chi connectivity index (χ4n) is 3.96. The van der Waals surface area contributed by atoms with Crippen LogP contribution < -0.4 is 14.2 Å². The van der Waals surface area contributed by atoms with E-state index in [4.69, 9.17) is 14.2 Å². The lowest BCUT2D eigenvalue weighted by molar-refractivity contribution is 0.0642. The molecule has 4 rings (SSSR count).